The van der Waals surface area contributed by atoms with E-state index >= 15 is 0 Å². The van der Waals surface area contributed by atoms with Crippen molar-refractivity contribution in [2.75, 3.05) is 0 Å². The maximum Gasteiger partial charge on any atom is 0.0285 e. The van der Waals surface area contributed by atoms with Gasteiger partial charge in [-0.3, -0.25) is 4.68 Å². The fourth-order valence-electron chi connectivity index (χ4n) is 0.857. The third-order valence-corrected chi connectivity index (χ3v) is 1.38. The molecule has 0 aliphatic rings. The zero-order valence-corrected chi connectivity index (χ0v) is 8.71. The summed E-state index contributed by atoms with van der Waals surface area (Å²) in [5.41, 5.74) is 1.61. The molecule has 0 aliphatic heterocycles. The molecular weight excluding hydrogens is 334 g/mol. The van der Waals surface area contributed by atoms with Crippen LogP contribution in [-0.4, -0.2) is 14.9 Å². The second-order valence-corrected chi connectivity index (χ2v) is 2.21. The average Bonchev–Trinajstić information content (AvgIpc) is 2.55. The summed E-state index contributed by atoms with van der Waals surface area (Å²) in [6.07, 6.45) is 6.05. The van der Waals surface area contributed by atoms with Crippen LogP contribution >= 0.6 is 0 Å². The summed E-state index contributed by atoms with van der Waals surface area (Å²) in [7, 11) is 1.86. The molecule has 0 aliphatic carbocycles. The van der Waals surface area contributed by atoms with Gasteiger partial charge in [-0.2, -0.15) is 5.16 Å². The Morgan fingerprint density at radius 1 is 1.58 bits per heavy atom. The van der Waals surface area contributed by atoms with Crippen LogP contribution in [0.3, 0.4) is 0 Å². The van der Waals surface area contributed by atoms with Crippen LogP contribution in [0.2, 0.25) is 0 Å². The van der Waals surface area contributed by atoms with E-state index in [-0.39, 0.29) is 20.1 Å². The van der Waals surface area contributed by atoms with Gasteiger partial charge in [-0.15, -0.1) is 5.56 Å². The Bertz CT molecular complexity index is 341. The molecule has 2 heterocycles. The van der Waals surface area contributed by atoms with Crippen molar-refractivity contribution in [1.82, 2.24) is 14.9 Å². The zero-order valence-electron chi connectivity index (χ0n) is 6.32. The molecule has 0 N–H and O–H groups in total. The fourth-order valence-corrected chi connectivity index (χ4v) is 0.857. The van der Waals surface area contributed by atoms with E-state index in [9.17, 15) is 0 Å². The number of hydrogen-bond donors (Lipinski definition) is 0. The van der Waals surface area contributed by atoms with Crippen molar-refractivity contribution in [2.24, 2.45) is 7.05 Å². The summed E-state index contributed by atoms with van der Waals surface area (Å²) in [6, 6.07) is 1.88. The molecule has 65 valence electrons. The monoisotopic (exact) mass is 341 g/mol. The molecule has 0 aromatic carbocycles. The smallest absolute Gasteiger partial charge is 0.0285 e. The van der Waals surface area contributed by atoms with E-state index in [0.29, 0.717) is 0 Å². The molecule has 4 nitrogen and oxygen atoms in total. The first-order valence-corrected chi connectivity index (χ1v) is 3.18. The SMILES string of the molecule is Cn1ccc(-c2[c-]noc2)n1.[Ir]. The minimum absolute atomic E-state index is 0. The molecule has 0 fully saturated rings. The largest absolute Gasteiger partial charge is 0.438 e. The van der Waals surface area contributed by atoms with Crippen molar-refractivity contribution in [3.63, 3.8) is 0 Å². The Kier molecular flexibility index (Phi) is 2.78. The van der Waals surface area contributed by atoms with Crippen molar-refractivity contribution < 1.29 is 24.6 Å². The van der Waals surface area contributed by atoms with E-state index < -0.39 is 0 Å². The molecule has 1 radical (unpaired) electrons. The second-order valence-electron chi connectivity index (χ2n) is 2.21. The number of hydrogen-bond acceptors (Lipinski definition) is 3. The standard InChI is InChI=1S/C7H6N3O.Ir/c1-10-3-2-7(9-10)6-4-8-11-5-6;/h2-3,5H,1H3;/q-1;. The van der Waals surface area contributed by atoms with Crippen LogP contribution in [0, 0.1) is 6.20 Å². The summed E-state index contributed by atoms with van der Waals surface area (Å²) in [6.45, 7) is 0. The van der Waals surface area contributed by atoms with Gasteiger partial charge in [0.05, 0.1) is 0 Å². The maximum absolute atomic E-state index is 4.62. The van der Waals surface area contributed by atoms with Crippen molar-refractivity contribution in [1.29, 1.82) is 0 Å². The Balaban J connectivity index is 0.000000720. The van der Waals surface area contributed by atoms with Crippen LogP contribution < -0.4 is 0 Å². The minimum atomic E-state index is 0. The van der Waals surface area contributed by atoms with Crippen LogP contribution in [0.25, 0.3) is 11.3 Å². The molecular formula is C7H6IrN3O-. The minimum Gasteiger partial charge on any atom is -0.438 e. The number of nitrogens with zero attached hydrogens (tertiary/aromatic N) is 3. The van der Waals surface area contributed by atoms with E-state index in [1.54, 1.807) is 4.68 Å². The number of rotatable bonds is 1. The van der Waals surface area contributed by atoms with Gasteiger partial charge in [0.15, 0.2) is 0 Å². The van der Waals surface area contributed by atoms with E-state index in [1.807, 2.05) is 19.3 Å². The number of aryl methyl sites for hydroxylation is 1. The van der Waals surface area contributed by atoms with E-state index in [0.717, 1.165) is 11.3 Å². The van der Waals surface area contributed by atoms with Gasteiger partial charge in [0.1, 0.15) is 0 Å². The molecule has 0 unspecified atom stereocenters. The van der Waals surface area contributed by atoms with Crippen molar-refractivity contribution in [3.05, 3.63) is 24.7 Å². The molecule has 0 saturated carbocycles. The van der Waals surface area contributed by atoms with Gasteiger partial charge in [-0.1, -0.05) is 6.07 Å². The van der Waals surface area contributed by atoms with Crippen LogP contribution in [0.4, 0.5) is 0 Å². The molecule has 0 atom stereocenters. The first kappa shape index (κ1) is 9.16. The van der Waals surface area contributed by atoms with E-state index in [1.165, 1.54) is 6.26 Å². The molecule has 12 heavy (non-hydrogen) atoms. The van der Waals surface area contributed by atoms with Gasteiger partial charge in [0, 0.05) is 39.6 Å². The van der Waals surface area contributed by atoms with Crippen molar-refractivity contribution in [3.8, 4) is 11.3 Å². The number of aromatic nitrogens is 3. The van der Waals surface area contributed by atoms with E-state index in [2.05, 4.69) is 21.0 Å². The van der Waals surface area contributed by atoms with Crippen molar-refractivity contribution in [2.45, 2.75) is 0 Å². The molecule has 2 rings (SSSR count). The average molecular weight is 340 g/mol. The predicted molar refractivity (Wildman–Crippen MR) is 37.5 cm³/mol. The Labute approximate surface area is 82.9 Å². The van der Waals surface area contributed by atoms with Gasteiger partial charge in [-0.25, -0.2) is 5.10 Å². The van der Waals surface area contributed by atoms with Gasteiger partial charge >= 0.3 is 0 Å². The Hall–Kier alpha value is -0.931. The van der Waals surface area contributed by atoms with Crippen molar-refractivity contribution >= 4 is 0 Å². The molecule has 5 heteroatoms. The molecule has 0 spiro atoms. The fraction of sp³-hybridized carbons (Fsp3) is 0.143. The Morgan fingerprint density at radius 3 is 2.92 bits per heavy atom. The van der Waals surface area contributed by atoms with Gasteiger partial charge < -0.3 is 4.52 Å². The topological polar surface area (TPSA) is 43.9 Å². The summed E-state index contributed by atoms with van der Waals surface area (Å²) in [4.78, 5) is 0. The summed E-state index contributed by atoms with van der Waals surface area (Å²) >= 11 is 0. The molecule has 2 aromatic rings. The van der Waals surface area contributed by atoms with Gasteiger partial charge in [-0.05, 0) is 11.9 Å². The summed E-state index contributed by atoms with van der Waals surface area (Å²) in [5, 5.41) is 7.60. The zero-order chi connectivity index (χ0) is 7.68. The molecule has 0 amide bonds. The van der Waals surface area contributed by atoms with Gasteiger partial charge in [0.2, 0.25) is 0 Å². The molecule has 2 aromatic heterocycles. The quantitative estimate of drug-likeness (QED) is 0.724. The van der Waals surface area contributed by atoms with E-state index in [4.69, 9.17) is 0 Å². The predicted octanol–water partition coefficient (Wildman–Crippen LogP) is 0.873. The molecule has 0 saturated heterocycles. The van der Waals surface area contributed by atoms with Gasteiger partial charge in [0.25, 0.3) is 0 Å². The third kappa shape index (κ3) is 1.62. The second kappa shape index (κ2) is 3.65. The first-order chi connectivity index (χ1) is 5.36. The normalized spacial score (nSPS) is 9.42. The van der Waals surface area contributed by atoms with Crippen LogP contribution in [0.15, 0.2) is 23.0 Å². The summed E-state index contributed by atoms with van der Waals surface area (Å²) in [5.74, 6) is 0. The first-order valence-electron chi connectivity index (χ1n) is 3.18. The van der Waals surface area contributed by atoms with Crippen LogP contribution in [-0.2, 0) is 27.2 Å². The Morgan fingerprint density at radius 2 is 2.42 bits per heavy atom. The summed E-state index contributed by atoms with van der Waals surface area (Å²) < 4.78 is 6.34. The maximum atomic E-state index is 4.62. The van der Waals surface area contributed by atoms with Crippen LogP contribution in [0.5, 0.6) is 0 Å². The molecule has 0 bridgehead atoms. The third-order valence-electron chi connectivity index (χ3n) is 1.38. The van der Waals surface area contributed by atoms with Crippen LogP contribution in [0.1, 0.15) is 0 Å².